The molecule has 1 rings (SSSR count). The van der Waals surface area contributed by atoms with Crippen molar-refractivity contribution in [2.24, 2.45) is 0 Å². The van der Waals surface area contributed by atoms with Crippen molar-refractivity contribution in [1.29, 1.82) is 0 Å². The van der Waals surface area contributed by atoms with Crippen LogP contribution >= 0.6 is 0 Å². The summed E-state index contributed by atoms with van der Waals surface area (Å²) in [6.07, 6.45) is 3.32. The van der Waals surface area contributed by atoms with E-state index in [1.165, 1.54) is 0 Å². The Kier molecular flexibility index (Phi) is 8.51. The highest BCUT2D eigenvalue weighted by Crippen LogP contribution is 1.92. The first-order valence-electron chi connectivity index (χ1n) is 4.42. The van der Waals surface area contributed by atoms with Gasteiger partial charge in [0.1, 0.15) is 0 Å². The maximum Gasteiger partial charge on any atom is 0.0696 e. The molecule has 1 aromatic heterocycles. The number of aliphatic hydroxyl groups excluding tert-OH is 1. The Morgan fingerprint density at radius 3 is 2.31 bits per heavy atom. The van der Waals surface area contributed by atoms with Crippen LogP contribution in [-0.2, 0) is 11.3 Å². The molecule has 0 fully saturated rings. The van der Waals surface area contributed by atoms with E-state index < -0.39 is 0 Å². The summed E-state index contributed by atoms with van der Waals surface area (Å²) in [6.45, 7) is 5.74. The molecule has 1 N–H and O–H groups in total. The smallest absolute Gasteiger partial charge is 0.0696 e. The molecule has 0 unspecified atom stereocenters. The number of aromatic nitrogens is 1. The number of rotatable bonds is 3. The van der Waals surface area contributed by atoms with Crippen LogP contribution in [0.3, 0.4) is 0 Å². The fraction of sp³-hybridized carbons (Fsp3) is 0.500. The molecule has 1 heterocycles. The molecule has 0 aromatic carbocycles. The summed E-state index contributed by atoms with van der Waals surface area (Å²) in [5.41, 5.74) is 0.854. The van der Waals surface area contributed by atoms with E-state index in [1.807, 2.05) is 19.9 Å². The fourth-order valence-electron chi connectivity index (χ4n) is 0.696. The van der Waals surface area contributed by atoms with E-state index >= 15 is 0 Å². The van der Waals surface area contributed by atoms with Gasteiger partial charge in [-0.2, -0.15) is 0 Å². The number of ether oxygens (including phenoxy) is 1. The molecule has 0 aliphatic carbocycles. The van der Waals surface area contributed by atoms with Gasteiger partial charge in [0.2, 0.25) is 0 Å². The summed E-state index contributed by atoms with van der Waals surface area (Å²) in [7, 11) is 0. The standard InChI is InChI=1S/C6H7NO.C4H10O/c8-5-6-2-1-3-7-4-6;1-3-5-4-2/h1-4,8H,5H2;3-4H2,1-2H3. The molecule has 3 nitrogen and oxygen atoms in total. The van der Waals surface area contributed by atoms with Gasteiger partial charge in [0.05, 0.1) is 6.61 Å². The van der Waals surface area contributed by atoms with Gasteiger partial charge in [-0.1, -0.05) is 6.07 Å². The fourth-order valence-corrected chi connectivity index (χ4v) is 0.696. The van der Waals surface area contributed by atoms with E-state index in [4.69, 9.17) is 9.84 Å². The van der Waals surface area contributed by atoms with Crippen molar-refractivity contribution in [3.05, 3.63) is 30.1 Å². The van der Waals surface area contributed by atoms with Gasteiger partial charge >= 0.3 is 0 Å². The molecule has 13 heavy (non-hydrogen) atoms. The van der Waals surface area contributed by atoms with Crippen molar-refractivity contribution in [3.63, 3.8) is 0 Å². The summed E-state index contributed by atoms with van der Waals surface area (Å²) in [5, 5.41) is 8.50. The molecule has 0 saturated carbocycles. The molecule has 0 radical (unpaired) electrons. The predicted molar refractivity (Wildman–Crippen MR) is 52.3 cm³/mol. The SMILES string of the molecule is CCOCC.OCc1cccnc1. The molecule has 3 heteroatoms. The minimum atomic E-state index is 0.0772. The summed E-state index contributed by atoms with van der Waals surface area (Å²) >= 11 is 0. The molecule has 74 valence electrons. The van der Waals surface area contributed by atoms with E-state index in [2.05, 4.69) is 4.98 Å². The van der Waals surface area contributed by atoms with Crippen LogP contribution in [-0.4, -0.2) is 23.3 Å². The van der Waals surface area contributed by atoms with Gasteiger partial charge in [-0.05, 0) is 25.5 Å². The Hall–Kier alpha value is -0.930. The summed E-state index contributed by atoms with van der Waals surface area (Å²) in [5.74, 6) is 0. The lowest BCUT2D eigenvalue weighted by Crippen LogP contribution is -1.84. The number of hydrogen-bond donors (Lipinski definition) is 1. The summed E-state index contributed by atoms with van der Waals surface area (Å²) in [4.78, 5) is 3.80. The van der Waals surface area contributed by atoms with E-state index in [9.17, 15) is 0 Å². The number of pyridine rings is 1. The van der Waals surface area contributed by atoms with E-state index in [1.54, 1.807) is 18.5 Å². The highest BCUT2D eigenvalue weighted by molar-refractivity contribution is 5.06. The van der Waals surface area contributed by atoms with Crippen LogP contribution in [0.2, 0.25) is 0 Å². The maximum atomic E-state index is 8.50. The van der Waals surface area contributed by atoms with Crippen molar-refractivity contribution in [3.8, 4) is 0 Å². The highest BCUT2D eigenvalue weighted by atomic mass is 16.5. The normalized spacial score (nSPS) is 8.85. The second-order valence-electron chi connectivity index (χ2n) is 2.30. The molecule has 0 amide bonds. The Morgan fingerprint density at radius 2 is 2.08 bits per heavy atom. The quantitative estimate of drug-likeness (QED) is 0.774. The summed E-state index contributed by atoms with van der Waals surface area (Å²) < 4.78 is 4.83. The summed E-state index contributed by atoms with van der Waals surface area (Å²) in [6, 6.07) is 3.62. The molecule has 0 bridgehead atoms. The Bertz CT molecular complexity index is 187. The van der Waals surface area contributed by atoms with Gasteiger partial charge in [-0.3, -0.25) is 4.98 Å². The zero-order chi connectivity index (χ0) is 9.94. The Balaban J connectivity index is 0.000000252. The third-order valence-corrected chi connectivity index (χ3v) is 1.31. The monoisotopic (exact) mass is 183 g/mol. The molecular weight excluding hydrogens is 166 g/mol. The van der Waals surface area contributed by atoms with Gasteiger partial charge in [-0.15, -0.1) is 0 Å². The maximum absolute atomic E-state index is 8.50. The van der Waals surface area contributed by atoms with Crippen LogP contribution in [0.5, 0.6) is 0 Å². The lowest BCUT2D eigenvalue weighted by molar-refractivity contribution is 0.162. The average Bonchev–Trinajstić information content (AvgIpc) is 2.21. The second-order valence-corrected chi connectivity index (χ2v) is 2.30. The van der Waals surface area contributed by atoms with Gasteiger partial charge < -0.3 is 9.84 Å². The van der Waals surface area contributed by atoms with Crippen molar-refractivity contribution in [2.75, 3.05) is 13.2 Å². The minimum Gasteiger partial charge on any atom is -0.392 e. The minimum absolute atomic E-state index is 0.0772. The lowest BCUT2D eigenvalue weighted by atomic mass is 10.3. The zero-order valence-corrected chi connectivity index (χ0v) is 8.23. The number of hydrogen-bond acceptors (Lipinski definition) is 3. The van der Waals surface area contributed by atoms with Gasteiger partial charge in [-0.25, -0.2) is 0 Å². The first kappa shape index (κ1) is 12.1. The molecule has 0 saturated heterocycles. The van der Waals surface area contributed by atoms with Crippen molar-refractivity contribution < 1.29 is 9.84 Å². The van der Waals surface area contributed by atoms with E-state index in [0.29, 0.717) is 0 Å². The molecule has 0 atom stereocenters. The third-order valence-electron chi connectivity index (χ3n) is 1.31. The van der Waals surface area contributed by atoms with Crippen LogP contribution < -0.4 is 0 Å². The molecule has 0 aliphatic rings. The van der Waals surface area contributed by atoms with Crippen LogP contribution in [0.25, 0.3) is 0 Å². The molecular formula is C10H17NO2. The van der Waals surface area contributed by atoms with Crippen molar-refractivity contribution >= 4 is 0 Å². The van der Waals surface area contributed by atoms with Crippen LogP contribution in [0.1, 0.15) is 19.4 Å². The van der Waals surface area contributed by atoms with Gasteiger partial charge in [0.25, 0.3) is 0 Å². The van der Waals surface area contributed by atoms with Crippen molar-refractivity contribution in [2.45, 2.75) is 20.5 Å². The number of nitrogens with zero attached hydrogens (tertiary/aromatic N) is 1. The average molecular weight is 183 g/mol. The Morgan fingerprint density at radius 1 is 1.38 bits per heavy atom. The van der Waals surface area contributed by atoms with Crippen LogP contribution in [0.4, 0.5) is 0 Å². The first-order chi connectivity index (χ1) is 6.35. The molecule has 0 aliphatic heterocycles. The lowest BCUT2D eigenvalue weighted by Gasteiger charge is -1.88. The van der Waals surface area contributed by atoms with Gasteiger partial charge in [0.15, 0.2) is 0 Å². The van der Waals surface area contributed by atoms with Crippen LogP contribution in [0.15, 0.2) is 24.5 Å². The first-order valence-corrected chi connectivity index (χ1v) is 4.42. The number of aliphatic hydroxyl groups is 1. The van der Waals surface area contributed by atoms with Gasteiger partial charge in [0, 0.05) is 25.6 Å². The molecule has 0 spiro atoms. The highest BCUT2D eigenvalue weighted by Gasteiger charge is 1.82. The largest absolute Gasteiger partial charge is 0.392 e. The Labute approximate surface area is 79.4 Å². The topological polar surface area (TPSA) is 42.4 Å². The third kappa shape index (κ3) is 7.43. The second kappa shape index (κ2) is 9.16. The van der Waals surface area contributed by atoms with E-state index in [0.717, 1.165) is 18.8 Å². The predicted octanol–water partition coefficient (Wildman–Crippen LogP) is 1.62. The van der Waals surface area contributed by atoms with Crippen molar-refractivity contribution in [1.82, 2.24) is 4.98 Å². The molecule has 1 aromatic rings. The zero-order valence-electron chi connectivity index (χ0n) is 8.23. The van der Waals surface area contributed by atoms with E-state index in [-0.39, 0.29) is 6.61 Å². The van der Waals surface area contributed by atoms with Crippen LogP contribution in [0, 0.1) is 0 Å².